The first-order chi connectivity index (χ1) is 11.5. The summed E-state index contributed by atoms with van der Waals surface area (Å²) < 4.78 is 5.26. The highest BCUT2D eigenvalue weighted by Crippen LogP contribution is 2.19. The Balaban J connectivity index is 1.68. The van der Waals surface area contributed by atoms with Crippen LogP contribution in [0.1, 0.15) is 17.3 Å². The monoisotopic (exact) mass is 342 g/mol. The minimum atomic E-state index is -0.940. The van der Waals surface area contributed by atoms with E-state index in [9.17, 15) is 9.59 Å². The van der Waals surface area contributed by atoms with Crippen LogP contribution in [0, 0.1) is 0 Å². The van der Waals surface area contributed by atoms with Crippen molar-refractivity contribution >= 4 is 40.1 Å². The van der Waals surface area contributed by atoms with Gasteiger partial charge in [0.2, 0.25) is 0 Å². The molecule has 0 bridgehead atoms. The maximum absolute atomic E-state index is 12.3. The Hall–Kier alpha value is -2.79. The van der Waals surface area contributed by atoms with Gasteiger partial charge in [0, 0.05) is 27.8 Å². The number of anilines is 1. The molecule has 1 amide bonds. The predicted molar refractivity (Wildman–Crippen MR) is 93.3 cm³/mol. The highest BCUT2D eigenvalue weighted by atomic mass is 35.5. The molecule has 1 heterocycles. The second kappa shape index (κ2) is 6.76. The molecule has 0 radical (unpaired) electrons. The number of fused-ring (bicyclic) bond motifs is 1. The fourth-order valence-corrected chi connectivity index (χ4v) is 2.52. The molecule has 5 nitrogen and oxygen atoms in total. The number of carbonyl (C=O) groups is 2. The average Bonchev–Trinajstić information content (AvgIpc) is 2.99. The number of ether oxygens (including phenoxy) is 1. The number of rotatable bonds is 4. The molecule has 6 heteroatoms. The van der Waals surface area contributed by atoms with Crippen molar-refractivity contribution in [3.63, 3.8) is 0 Å². The molecular weight excluding hydrogens is 328 g/mol. The molecule has 122 valence electrons. The standard InChI is InChI=1S/C18H15ClN2O3/c1-11(17(22)21-13-6-4-5-12(19)9-13)24-18(23)15-10-20-16-8-3-2-7-14(15)16/h2-11,20H,1H3,(H,21,22)/t11-/m0/s1. The van der Waals surface area contributed by atoms with Crippen molar-refractivity contribution in [1.82, 2.24) is 4.98 Å². The zero-order valence-corrected chi connectivity index (χ0v) is 13.6. The first-order valence-corrected chi connectivity index (χ1v) is 7.76. The Labute approximate surface area is 143 Å². The molecule has 1 atom stereocenters. The average molecular weight is 343 g/mol. The molecule has 0 aliphatic carbocycles. The predicted octanol–water partition coefficient (Wildman–Crippen LogP) is 4.01. The quantitative estimate of drug-likeness (QED) is 0.704. The van der Waals surface area contributed by atoms with E-state index < -0.39 is 18.0 Å². The lowest BCUT2D eigenvalue weighted by Crippen LogP contribution is -2.29. The van der Waals surface area contributed by atoms with Crippen molar-refractivity contribution in [2.75, 3.05) is 5.32 Å². The van der Waals surface area contributed by atoms with Crippen LogP contribution in [-0.2, 0) is 9.53 Å². The maximum Gasteiger partial charge on any atom is 0.341 e. The Bertz CT molecular complexity index is 904. The summed E-state index contributed by atoms with van der Waals surface area (Å²) >= 11 is 5.88. The van der Waals surface area contributed by atoms with Gasteiger partial charge in [0.1, 0.15) is 0 Å². The Morgan fingerprint density at radius 1 is 1.17 bits per heavy atom. The van der Waals surface area contributed by atoms with Crippen LogP contribution in [0.4, 0.5) is 5.69 Å². The van der Waals surface area contributed by atoms with Crippen molar-refractivity contribution in [2.24, 2.45) is 0 Å². The maximum atomic E-state index is 12.3. The number of hydrogen-bond acceptors (Lipinski definition) is 3. The lowest BCUT2D eigenvalue weighted by atomic mass is 10.2. The number of esters is 1. The molecule has 1 aromatic heterocycles. The molecule has 24 heavy (non-hydrogen) atoms. The molecule has 0 aliphatic rings. The van der Waals surface area contributed by atoms with Gasteiger partial charge in [-0.25, -0.2) is 4.79 Å². The van der Waals surface area contributed by atoms with E-state index in [1.54, 1.807) is 30.5 Å². The lowest BCUT2D eigenvalue weighted by Gasteiger charge is -2.13. The zero-order chi connectivity index (χ0) is 17.1. The van der Waals surface area contributed by atoms with Crippen LogP contribution < -0.4 is 5.32 Å². The molecule has 0 fully saturated rings. The summed E-state index contributed by atoms with van der Waals surface area (Å²) in [5.74, 6) is -0.980. The van der Waals surface area contributed by atoms with Crippen molar-refractivity contribution < 1.29 is 14.3 Å². The van der Waals surface area contributed by atoms with E-state index in [0.29, 0.717) is 16.3 Å². The number of H-pyrrole nitrogens is 1. The van der Waals surface area contributed by atoms with Gasteiger partial charge < -0.3 is 15.0 Å². The van der Waals surface area contributed by atoms with Gasteiger partial charge in [-0.05, 0) is 31.2 Å². The first kappa shape index (κ1) is 16.1. The number of aromatic amines is 1. The zero-order valence-electron chi connectivity index (χ0n) is 12.9. The van der Waals surface area contributed by atoms with E-state index in [4.69, 9.17) is 16.3 Å². The number of halogens is 1. The second-order valence-electron chi connectivity index (χ2n) is 5.30. The smallest absolute Gasteiger partial charge is 0.341 e. The Kier molecular flexibility index (Phi) is 4.53. The van der Waals surface area contributed by atoms with E-state index in [2.05, 4.69) is 10.3 Å². The number of hydrogen-bond donors (Lipinski definition) is 2. The number of amides is 1. The Morgan fingerprint density at radius 3 is 2.75 bits per heavy atom. The molecule has 2 N–H and O–H groups in total. The summed E-state index contributed by atoms with van der Waals surface area (Å²) in [5.41, 5.74) is 1.77. The summed E-state index contributed by atoms with van der Waals surface area (Å²) in [4.78, 5) is 27.5. The molecule has 0 saturated carbocycles. The SMILES string of the molecule is C[C@H](OC(=O)c1c[nH]c2ccccc12)C(=O)Nc1cccc(Cl)c1. The summed E-state index contributed by atoms with van der Waals surface area (Å²) in [6, 6.07) is 14.1. The molecule has 0 saturated heterocycles. The highest BCUT2D eigenvalue weighted by molar-refractivity contribution is 6.30. The van der Waals surface area contributed by atoms with Gasteiger partial charge in [-0.15, -0.1) is 0 Å². The number of nitrogens with one attached hydrogen (secondary N) is 2. The van der Waals surface area contributed by atoms with Crippen molar-refractivity contribution in [3.8, 4) is 0 Å². The molecule has 2 aromatic carbocycles. The van der Waals surface area contributed by atoms with Gasteiger partial charge in [-0.3, -0.25) is 4.79 Å². The van der Waals surface area contributed by atoms with Crippen molar-refractivity contribution in [1.29, 1.82) is 0 Å². The highest BCUT2D eigenvalue weighted by Gasteiger charge is 2.21. The Morgan fingerprint density at radius 2 is 1.96 bits per heavy atom. The molecule has 3 rings (SSSR count). The minimum Gasteiger partial charge on any atom is -0.449 e. The molecule has 0 spiro atoms. The van der Waals surface area contributed by atoms with Gasteiger partial charge in [0.15, 0.2) is 6.10 Å². The third-order valence-electron chi connectivity index (χ3n) is 3.55. The minimum absolute atomic E-state index is 0.396. The number of benzene rings is 2. The normalized spacial score (nSPS) is 11.9. The van der Waals surface area contributed by atoms with Gasteiger partial charge in [-0.1, -0.05) is 35.9 Å². The third kappa shape index (κ3) is 3.41. The van der Waals surface area contributed by atoms with Crippen LogP contribution in [0.5, 0.6) is 0 Å². The fourth-order valence-electron chi connectivity index (χ4n) is 2.33. The lowest BCUT2D eigenvalue weighted by molar-refractivity contribution is -0.123. The number of aromatic nitrogens is 1. The topological polar surface area (TPSA) is 71.2 Å². The van der Waals surface area contributed by atoms with Crippen LogP contribution in [0.2, 0.25) is 5.02 Å². The summed E-state index contributed by atoms with van der Waals surface area (Å²) in [5, 5.41) is 3.93. The number of para-hydroxylation sites is 1. The van der Waals surface area contributed by atoms with E-state index >= 15 is 0 Å². The first-order valence-electron chi connectivity index (χ1n) is 7.38. The summed E-state index contributed by atoms with van der Waals surface area (Å²) in [6.07, 6.45) is 0.638. The summed E-state index contributed by atoms with van der Waals surface area (Å²) in [7, 11) is 0. The molecule has 3 aromatic rings. The third-order valence-corrected chi connectivity index (χ3v) is 3.79. The van der Waals surface area contributed by atoms with Gasteiger partial charge in [-0.2, -0.15) is 0 Å². The van der Waals surface area contributed by atoms with Crippen LogP contribution >= 0.6 is 11.6 Å². The fraction of sp³-hybridized carbons (Fsp3) is 0.111. The van der Waals surface area contributed by atoms with Gasteiger partial charge in [0.25, 0.3) is 5.91 Å². The van der Waals surface area contributed by atoms with E-state index in [0.717, 1.165) is 10.9 Å². The van der Waals surface area contributed by atoms with E-state index in [1.807, 2.05) is 24.3 Å². The van der Waals surface area contributed by atoms with Crippen LogP contribution in [0.3, 0.4) is 0 Å². The van der Waals surface area contributed by atoms with E-state index in [-0.39, 0.29) is 0 Å². The number of carbonyl (C=O) groups excluding carboxylic acids is 2. The van der Waals surface area contributed by atoms with Gasteiger partial charge in [0.05, 0.1) is 5.56 Å². The molecule has 0 unspecified atom stereocenters. The van der Waals surface area contributed by atoms with Crippen molar-refractivity contribution in [2.45, 2.75) is 13.0 Å². The van der Waals surface area contributed by atoms with Crippen LogP contribution in [0.15, 0.2) is 54.7 Å². The largest absolute Gasteiger partial charge is 0.449 e. The summed E-state index contributed by atoms with van der Waals surface area (Å²) in [6.45, 7) is 1.52. The molecule has 0 aliphatic heterocycles. The second-order valence-corrected chi connectivity index (χ2v) is 5.73. The van der Waals surface area contributed by atoms with E-state index in [1.165, 1.54) is 6.92 Å². The van der Waals surface area contributed by atoms with Crippen molar-refractivity contribution in [3.05, 3.63) is 65.3 Å². The molecular formula is C18H15ClN2O3. The van der Waals surface area contributed by atoms with Gasteiger partial charge >= 0.3 is 5.97 Å². The van der Waals surface area contributed by atoms with Crippen LogP contribution in [-0.4, -0.2) is 23.0 Å². The van der Waals surface area contributed by atoms with Crippen LogP contribution in [0.25, 0.3) is 10.9 Å².